The molecule has 128 valence electrons. The Morgan fingerprint density at radius 2 is 2.08 bits per heavy atom. The number of halogens is 4. The number of nitrogens with one attached hydrogen (secondary N) is 1. The molecular weight excluding hydrogens is 326 g/mol. The minimum atomic E-state index is -4.51. The second-order valence-corrected chi connectivity index (χ2v) is 5.84. The number of aromatic amines is 1. The molecule has 8 heteroatoms. The zero-order valence-electron chi connectivity index (χ0n) is 12.9. The smallest absolute Gasteiger partial charge is 0.311 e. The van der Waals surface area contributed by atoms with Crippen molar-refractivity contribution < 1.29 is 17.6 Å². The maximum atomic E-state index is 13.9. The normalized spacial score (nSPS) is 15.4. The van der Waals surface area contributed by atoms with Crippen molar-refractivity contribution >= 4 is 0 Å². The first-order chi connectivity index (χ1) is 11.2. The lowest BCUT2D eigenvalue weighted by molar-refractivity contribution is -0.137. The molecule has 1 aliphatic heterocycles. The minimum Gasteiger partial charge on any atom is -0.311 e. The number of aryl methyl sites for hydroxylation is 1. The van der Waals surface area contributed by atoms with E-state index in [2.05, 4.69) is 9.97 Å². The number of benzene rings is 1. The van der Waals surface area contributed by atoms with Gasteiger partial charge in [0, 0.05) is 30.8 Å². The highest BCUT2D eigenvalue weighted by atomic mass is 19.4. The van der Waals surface area contributed by atoms with Gasteiger partial charge in [-0.25, -0.2) is 9.37 Å². The van der Waals surface area contributed by atoms with Gasteiger partial charge in [-0.15, -0.1) is 0 Å². The van der Waals surface area contributed by atoms with Crippen LogP contribution < -0.4 is 5.56 Å². The number of H-pyrrole nitrogens is 1. The van der Waals surface area contributed by atoms with E-state index in [1.165, 1.54) is 0 Å². The highest BCUT2D eigenvalue weighted by Crippen LogP contribution is 2.31. The first-order valence-corrected chi connectivity index (χ1v) is 7.40. The molecule has 1 aliphatic rings. The molecule has 0 atom stereocenters. The molecule has 2 aromatic rings. The molecule has 24 heavy (non-hydrogen) atoms. The van der Waals surface area contributed by atoms with E-state index in [0.29, 0.717) is 36.6 Å². The van der Waals surface area contributed by atoms with Gasteiger partial charge in [0.15, 0.2) is 0 Å². The summed E-state index contributed by atoms with van der Waals surface area (Å²) < 4.78 is 52.2. The third-order valence-electron chi connectivity index (χ3n) is 4.04. The van der Waals surface area contributed by atoms with Gasteiger partial charge < -0.3 is 4.98 Å². The second kappa shape index (κ2) is 6.01. The van der Waals surface area contributed by atoms with E-state index in [4.69, 9.17) is 0 Å². The highest BCUT2D eigenvalue weighted by molar-refractivity contribution is 5.28. The van der Waals surface area contributed by atoms with Gasteiger partial charge in [-0.2, -0.15) is 13.2 Å². The average Bonchev–Trinajstić information content (AvgIpc) is 2.47. The molecule has 3 rings (SSSR count). The summed E-state index contributed by atoms with van der Waals surface area (Å²) in [5, 5.41) is 0. The minimum absolute atomic E-state index is 0.0187. The average molecular weight is 341 g/mol. The Morgan fingerprint density at radius 1 is 1.33 bits per heavy atom. The van der Waals surface area contributed by atoms with Crippen molar-refractivity contribution in [2.75, 3.05) is 6.54 Å². The molecule has 1 aromatic heterocycles. The molecule has 0 saturated carbocycles. The zero-order chi connectivity index (χ0) is 17.5. The Balaban J connectivity index is 1.84. The first kappa shape index (κ1) is 16.6. The van der Waals surface area contributed by atoms with Gasteiger partial charge in [0.05, 0.1) is 11.3 Å². The summed E-state index contributed by atoms with van der Waals surface area (Å²) in [5.41, 5.74) is 0.0928. The lowest BCUT2D eigenvalue weighted by atomic mass is 10.0. The van der Waals surface area contributed by atoms with Gasteiger partial charge in [0.1, 0.15) is 11.6 Å². The molecule has 0 amide bonds. The molecule has 0 spiro atoms. The van der Waals surface area contributed by atoms with E-state index in [1.807, 2.05) is 0 Å². The Bertz CT molecular complexity index is 829. The molecule has 1 aromatic carbocycles. The number of alkyl halides is 3. The van der Waals surface area contributed by atoms with Crippen molar-refractivity contribution in [3.05, 3.63) is 62.6 Å². The van der Waals surface area contributed by atoms with Crippen LogP contribution in [-0.2, 0) is 25.7 Å². The summed E-state index contributed by atoms with van der Waals surface area (Å²) in [4.78, 5) is 20.5. The monoisotopic (exact) mass is 341 g/mol. The lowest BCUT2D eigenvalue weighted by Gasteiger charge is -2.28. The van der Waals surface area contributed by atoms with Gasteiger partial charge in [-0.3, -0.25) is 9.69 Å². The molecule has 1 N–H and O–H groups in total. The third kappa shape index (κ3) is 3.33. The summed E-state index contributed by atoms with van der Waals surface area (Å²) in [6.45, 7) is 2.45. The highest BCUT2D eigenvalue weighted by Gasteiger charge is 2.31. The summed E-state index contributed by atoms with van der Waals surface area (Å²) in [6.07, 6.45) is -4.08. The Labute approximate surface area is 135 Å². The fourth-order valence-electron chi connectivity index (χ4n) is 2.87. The fourth-order valence-corrected chi connectivity index (χ4v) is 2.87. The van der Waals surface area contributed by atoms with Crippen LogP contribution in [0.2, 0.25) is 0 Å². The number of aromatic nitrogens is 2. The summed E-state index contributed by atoms with van der Waals surface area (Å²) in [5.74, 6) is -0.199. The van der Waals surface area contributed by atoms with Gasteiger partial charge >= 0.3 is 6.18 Å². The lowest BCUT2D eigenvalue weighted by Crippen LogP contribution is -2.35. The molecule has 2 heterocycles. The van der Waals surface area contributed by atoms with Gasteiger partial charge in [0.2, 0.25) is 0 Å². The van der Waals surface area contributed by atoms with Crippen LogP contribution in [0.25, 0.3) is 0 Å². The van der Waals surface area contributed by atoms with Crippen molar-refractivity contribution in [3.8, 4) is 0 Å². The predicted molar refractivity (Wildman–Crippen MR) is 78.8 cm³/mol. The molecule has 4 nitrogen and oxygen atoms in total. The molecule has 0 unspecified atom stereocenters. The molecule has 0 aliphatic carbocycles. The summed E-state index contributed by atoms with van der Waals surface area (Å²) in [6, 6.07) is 2.40. The van der Waals surface area contributed by atoms with E-state index in [-0.39, 0.29) is 17.7 Å². The van der Waals surface area contributed by atoms with Crippen LogP contribution in [0.15, 0.2) is 23.0 Å². The largest absolute Gasteiger partial charge is 0.416 e. The molecule has 0 bridgehead atoms. The summed E-state index contributed by atoms with van der Waals surface area (Å²) in [7, 11) is 0. The van der Waals surface area contributed by atoms with Crippen LogP contribution in [0, 0.1) is 12.7 Å². The Morgan fingerprint density at radius 3 is 2.79 bits per heavy atom. The van der Waals surface area contributed by atoms with Crippen molar-refractivity contribution in [1.82, 2.24) is 14.9 Å². The van der Waals surface area contributed by atoms with E-state index in [9.17, 15) is 22.4 Å². The number of hydrogen-bond donors (Lipinski definition) is 1. The topological polar surface area (TPSA) is 49.0 Å². The van der Waals surface area contributed by atoms with Crippen molar-refractivity contribution in [2.24, 2.45) is 0 Å². The molecular formula is C16H15F4N3O. The van der Waals surface area contributed by atoms with Crippen LogP contribution >= 0.6 is 0 Å². The maximum Gasteiger partial charge on any atom is 0.416 e. The van der Waals surface area contributed by atoms with E-state index >= 15 is 0 Å². The quantitative estimate of drug-likeness (QED) is 0.855. The van der Waals surface area contributed by atoms with E-state index in [0.717, 1.165) is 18.2 Å². The third-order valence-corrected chi connectivity index (χ3v) is 4.04. The molecule has 0 radical (unpaired) electrons. The number of hydrogen-bond acceptors (Lipinski definition) is 3. The van der Waals surface area contributed by atoms with Crippen LogP contribution in [-0.4, -0.2) is 21.4 Å². The van der Waals surface area contributed by atoms with Crippen LogP contribution in [0.5, 0.6) is 0 Å². The van der Waals surface area contributed by atoms with E-state index < -0.39 is 17.6 Å². The molecule has 0 fully saturated rings. The number of rotatable bonds is 2. The van der Waals surface area contributed by atoms with Crippen molar-refractivity contribution in [2.45, 2.75) is 32.6 Å². The number of fused-ring (bicyclic) bond motifs is 1. The van der Waals surface area contributed by atoms with Gasteiger partial charge in [0.25, 0.3) is 5.56 Å². The van der Waals surface area contributed by atoms with Crippen LogP contribution in [0.3, 0.4) is 0 Å². The predicted octanol–water partition coefficient (Wildman–Crippen LogP) is 2.79. The SMILES string of the molecule is Cc1nc2c(c(=O)[nH]1)CCN(Cc1cc(C(F)(F)F)ccc1F)C2. The maximum absolute atomic E-state index is 13.9. The fraction of sp³-hybridized carbons (Fsp3) is 0.375. The van der Waals surface area contributed by atoms with E-state index in [1.54, 1.807) is 11.8 Å². The zero-order valence-corrected chi connectivity index (χ0v) is 12.9. The first-order valence-electron chi connectivity index (χ1n) is 7.40. The molecule has 0 saturated heterocycles. The van der Waals surface area contributed by atoms with Crippen LogP contribution in [0.1, 0.15) is 28.2 Å². The number of nitrogens with zero attached hydrogens (tertiary/aromatic N) is 2. The second-order valence-electron chi connectivity index (χ2n) is 5.84. The Hall–Kier alpha value is -2.22. The van der Waals surface area contributed by atoms with Gasteiger partial charge in [-0.05, 0) is 31.5 Å². The van der Waals surface area contributed by atoms with Gasteiger partial charge in [-0.1, -0.05) is 0 Å². The van der Waals surface area contributed by atoms with Crippen LogP contribution in [0.4, 0.5) is 17.6 Å². The Kier molecular flexibility index (Phi) is 4.16. The van der Waals surface area contributed by atoms with Crippen molar-refractivity contribution in [1.29, 1.82) is 0 Å². The summed E-state index contributed by atoms with van der Waals surface area (Å²) >= 11 is 0. The van der Waals surface area contributed by atoms with Crippen molar-refractivity contribution in [3.63, 3.8) is 0 Å². The standard InChI is InChI=1S/C16H15F4N3O/c1-9-21-14-8-23(5-4-12(14)15(24)22-9)7-10-6-11(16(18,19)20)2-3-13(10)17/h2-3,6H,4-5,7-8H2,1H3,(H,21,22,24).